The highest BCUT2D eigenvalue weighted by Crippen LogP contribution is 2.53. The van der Waals surface area contributed by atoms with Crippen molar-refractivity contribution in [2.24, 2.45) is 10.8 Å². The van der Waals surface area contributed by atoms with Gasteiger partial charge in [-0.3, -0.25) is 4.79 Å². The van der Waals surface area contributed by atoms with Gasteiger partial charge < -0.3 is 9.88 Å². The summed E-state index contributed by atoms with van der Waals surface area (Å²) in [5.41, 5.74) is 5.19. The van der Waals surface area contributed by atoms with Crippen LogP contribution in [0.25, 0.3) is 10.9 Å². The van der Waals surface area contributed by atoms with Gasteiger partial charge >= 0.3 is 0 Å². The molecule has 174 valence electrons. The fraction of sp³-hybridized carbons (Fsp3) is 0.483. The van der Waals surface area contributed by atoms with E-state index in [0.29, 0.717) is 17.9 Å². The first-order valence-corrected chi connectivity index (χ1v) is 12.7. The number of halogens is 1. The normalized spacial score (nSPS) is 24.9. The second-order valence-electron chi connectivity index (χ2n) is 11.5. The van der Waals surface area contributed by atoms with Crippen LogP contribution in [-0.4, -0.2) is 28.4 Å². The number of para-hydroxylation sites is 1. The standard InChI is InChI=1S/C29H35ClN2O/c1-5-19-9-8-11-22-24(16-31-27(19)22)23(21-10-6-7-12-25(21)30)13-26(33)32-18-29(4)15-20(32)14-28(2,3)17-29/h6-12,16,20,23,31H,5,13-15,17-18H2,1-4H3. The van der Waals surface area contributed by atoms with Gasteiger partial charge in [0.05, 0.1) is 0 Å². The van der Waals surface area contributed by atoms with Gasteiger partial charge in [0.1, 0.15) is 0 Å². The molecule has 1 saturated carbocycles. The van der Waals surface area contributed by atoms with E-state index in [0.717, 1.165) is 42.0 Å². The maximum absolute atomic E-state index is 13.9. The van der Waals surface area contributed by atoms with Gasteiger partial charge in [0, 0.05) is 47.0 Å². The molecule has 0 spiro atoms. The van der Waals surface area contributed by atoms with Gasteiger partial charge in [-0.05, 0) is 59.3 Å². The third-order valence-electron chi connectivity index (χ3n) is 7.98. The third kappa shape index (κ3) is 4.10. The number of carbonyl (C=O) groups is 1. The van der Waals surface area contributed by atoms with Crippen molar-refractivity contribution in [2.45, 2.75) is 71.8 Å². The summed E-state index contributed by atoms with van der Waals surface area (Å²) < 4.78 is 0. The van der Waals surface area contributed by atoms with Gasteiger partial charge in [-0.2, -0.15) is 0 Å². The molecule has 1 saturated heterocycles. The molecule has 1 aromatic heterocycles. The van der Waals surface area contributed by atoms with Gasteiger partial charge in [0.25, 0.3) is 0 Å². The SMILES string of the molecule is CCc1cccc2c(C(CC(=O)N3CC4(C)CC3CC(C)(C)C4)c3ccccc3Cl)c[nH]c12. The van der Waals surface area contributed by atoms with Crippen LogP contribution in [0.4, 0.5) is 0 Å². The number of hydrogen-bond acceptors (Lipinski definition) is 1. The fourth-order valence-corrected chi connectivity index (χ4v) is 7.28. The third-order valence-corrected chi connectivity index (χ3v) is 8.33. The van der Waals surface area contributed by atoms with Gasteiger partial charge in [0.15, 0.2) is 0 Å². The van der Waals surface area contributed by atoms with E-state index in [1.807, 2.05) is 18.2 Å². The number of H-pyrrole nitrogens is 1. The van der Waals surface area contributed by atoms with Crippen LogP contribution in [0.2, 0.25) is 5.02 Å². The quantitative estimate of drug-likeness (QED) is 0.423. The fourth-order valence-electron chi connectivity index (χ4n) is 7.01. The van der Waals surface area contributed by atoms with Crippen LogP contribution >= 0.6 is 11.6 Å². The van der Waals surface area contributed by atoms with Crippen LogP contribution in [0, 0.1) is 10.8 Å². The Labute approximate surface area is 202 Å². The molecule has 1 amide bonds. The van der Waals surface area contributed by atoms with Gasteiger partial charge in [-0.25, -0.2) is 0 Å². The number of hydrogen-bond donors (Lipinski definition) is 1. The smallest absolute Gasteiger partial charge is 0.223 e. The Morgan fingerprint density at radius 2 is 1.91 bits per heavy atom. The summed E-state index contributed by atoms with van der Waals surface area (Å²) in [6.07, 6.45) is 6.93. The van der Waals surface area contributed by atoms with Crippen molar-refractivity contribution in [1.82, 2.24) is 9.88 Å². The van der Waals surface area contributed by atoms with Crippen molar-refractivity contribution in [3.63, 3.8) is 0 Å². The van der Waals surface area contributed by atoms with Crippen LogP contribution in [0.15, 0.2) is 48.7 Å². The number of amides is 1. The highest BCUT2D eigenvalue weighted by molar-refractivity contribution is 6.31. The lowest BCUT2D eigenvalue weighted by Crippen LogP contribution is -2.38. The number of nitrogens with zero attached hydrogens (tertiary/aromatic N) is 1. The van der Waals surface area contributed by atoms with E-state index < -0.39 is 0 Å². The zero-order valence-corrected chi connectivity index (χ0v) is 21.0. The minimum atomic E-state index is -0.0756. The molecule has 0 radical (unpaired) electrons. The van der Waals surface area contributed by atoms with Crippen molar-refractivity contribution in [2.75, 3.05) is 6.54 Å². The lowest BCUT2D eigenvalue weighted by atomic mass is 9.65. The lowest BCUT2D eigenvalue weighted by molar-refractivity contribution is -0.132. The number of aryl methyl sites for hydroxylation is 1. The number of likely N-dealkylation sites (tertiary alicyclic amines) is 1. The van der Waals surface area contributed by atoms with E-state index in [1.54, 1.807) is 0 Å². The number of aromatic amines is 1. The Bertz CT molecular complexity index is 1200. The van der Waals surface area contributed by atoms with Crippen molar-refractivity contribution >= 4 is 28.4 Å². The van der Waals surface area contributed by atoms with E-state index in [2.05, 4.69) is 68.0 Å². The summed E-state index contributed by atoms with van der Waals surface area (Å²) in [5.74, 6) is 0.181. The molecule has 2 aromatic carbocycles. The van der Waals surface area contributed by atoms with E-state index >= 15 is 0 Å². The number of benzene rings is 2. The van der Waals surface area contributed by atoms with E-state index in [-0.39, 0.29) is 17.2 Å². The Kier molecular flexibility index (Phi) is 5.60. The molecule has 3 atom stereocenters. The number of rotatable bonds is 5. The number of fused-ring (bicyclic) bond motifs is 3. The number of aromatic nitrogens is 1. The average molecular weight is 463 g/mol. The molecule has 2 heterocycles. The van der Waals surface area contributed by atoms with Crippen LogP contribution < -0.4 is 0 Å². The summed E-state index contributed by atoms with van der Waals surface area (Å²) in [6, 6.07) is 14.8. The molecule has 3 aromatic rings. The molecule has 1 aliphatic carbocycles. The minimum absolute atomic E-state index is 0.0756. The lowest BCUT2D eigenvalue weighted by Gasteiger charge is -2.39. The van der Waals surface area contributed by atoms with Crippen LogP contribution in [0.5, 0.6) is 0 Å². The minimum Gasteiger partial charge on any atom is -0.361 e. The largest absolute Gasteiger partial charge is 0.361 e. The summed E-state index contributed by atoms with van der Waals surface area (Å²) in [6.45, 7) is 10.1. The Morgan fingerprint density at radius 1 is 1.12 bits per heavy atom. The zero-order chi connectivity index (χ0) is 23.4. The highest BCUT2D eigenvalue weighted by Gasteiger charge is 2.51. The molecule has 3 unspecified atom stereocenters. The molecule has 1 aliphatic heterocycles. The maximum Gasteiger partial charge on any atom is 0.223 e. The van der Waals surface area contributed by atoms with Crippen LogP contribution in [-0.2, 0) is 11.2 Å². The topological polar surface area (TPSA) is 36.1 Å². The molecule has 3 nitrogen and oxygen atoms in total. The van der Waals surface area contributed by atoms with Crippen molar-refractivity contribution < 1.29 is 4.79 Å². The van der Waals surface area contributed by atoms with E-state index in [4.69, 9.17) is 11.6 Å². The van der Waals surface area contributed by atoms with Crippen molar-refractivity contribution in [1.29, 1.82) is 0 Å². The number of nitrogens with one attached hydrogen (secondary N) is 1. The summed E-state index contributed by atoms with van der Waals surface area (Å²) in [5, 5.41) is 1.92. The van der Waals surface area contributed by atoms with E-state index in [1.165, 1.54) is 22.9 Å². The molecule has 4 heteroatoms. The summed E-state index contributed by atoms with van der Waals surface area (Å²) >= 11 is 6.70. The average Bonchev–Trinajstić information content (AvgIpc) is 3.29. The Morgan fingerprint density at radius 3 is 2.67 bits per heavy atom. The van der Waals surface area contributed by atoms with E-state index in [9.17, 15) is 4.79 Å². The number of carbonyl (C=O) groups excluding carboxylic acids is 1. The molecule has 2 bridgehead atoms. The Hall–Kier alpha value is -2.26. The first-order valence-electron chi connectivity index (χ1n) is 12.3. The first kappa shape index (κ1) is 22.5. The first-order chi connectivity index (χ1) is 15.7. The predicted octanol–water partition coefficient (Wildman–Crippen LogP) is 7.33. The van der Waals surface area contributed by atoms with Gasteiger partial charge in [0.2, 0.25) is 5.91 Å². The van der Waals surface area contributed by atoms with Gasteiger partial charge in [-0.15, -0.1) is 0 Å². The summed E-state index contributed by atoms with van der Waals surface area (Å²) in [4.78, 5) is 19.6. The second-order valence-corrected chi connectivity index (χ2v) is 11.9. The zero-order valence-electron chi connectivity index (χ0n) is 20.2. The molecular formula is C29H35ClN2O. The molecule has 1 N–H and O–H groups in total. The molecule has 2 fully saturated rings. The molecular weight excluding hydrogens is 428 g/mol. The van der Waals surface area contributed by atoms with Gasteiger partial charge in [-0.1, -0.05) is 75.7 Å². The molecule has 5 rings (SSSR count). The van der Waals surface area contributed by atoms with Crippen molar-refractivity contribution in [3.8, 4) is 0 Å². The molecule has 2 aliphatic rings. The predicted molar refractivity (Wildman–Crippen MR) is 137 cm³/mol. The van der Waals surface area contributed by atoms with Crippen LogP contribution in [0.3, 0.4) is 0 Å². The second kappa shape index (κ2) is 8.20. The van der Waals surface area contributed by atoms with Crippen LogP contribution in [0.1, 0.15) is 76.0 Å². The maximum atomic E-state index is 13.9. The summed E-state index contributed by atoms with van der Waals surface area (Å²) in [7, 11) is 0. The van der Waals surface area contributed by atoms with Crippen molar-refractivity contribution in [3.05, 3.63) is 70.4 Å². The molecule has 33 heavy (non-hydrogen) atoms. The monoisotopic (exact) mass is 462 g/mol. The highest BCUT2D eigenvalue weighted by atomic mass is 35.5. The Balaban J connectivity index is 1.52.